The number of nitrogens with zero attached hydrogens (tertiary/aromatic N) is 3. The van der Waals surface area contributed by atoms with Crippen LogP contribution in [0.1, 0.15) is 35.4 Å². The molecular weight excluding hydrogens is 254 g/mol. The summed E-state index contributed by atoms with van der Waals surface area (Å²) in [5.74, 6) is 0.617. The smallest absolute Gasteiger partial charge is 0.376 e. The van der Waals surface area contributed by atoms with E-state index in [4.69, 9.17) is 4.74 Å². The second-order valence-corrected chi connectivity index (χ2v) is 4.53. The second-order valence-electron chi connectivity index (χ2n) is 4.53. The number of hydrogen-bond acceptors (Lipinski definition) is 4. The molecule has 0 spiro atoms. The first kappa shape index (κ1) is 14.2. The van der Waals surface area contributed by atoms with Crippen molar-refractivity contribution in [2.24, 2.45) is 0 Å². The number of carbonyl (C=O) groups is 1. The molecule has 2 aromatic rings. The molecule has 0 fully saturated rings. The predicted molar refractivity (Wildman–Crippen MR) is 75.5 cm³/mol. The highest BCUT2D eigenvalue weighted by Crippen LogP contribution is 2.08. The molecule has 5 heteroatoms. The molecule has 1 aromatic carbocycles. The van der Waals surface area contributed by atoms with Crippen LogP contribution in [0.4, 0.5) is 0 Å². The van der Waals surface area contributed by atoms with Crippen LogP contribution >= 0.6 is 0 Å². The van der Waals surface area contributed by atoms with Crippen LogP contribution in [0.15, 0.2) is 30.3 Å². The normalized spacial score (nSPS) is 10.5. The molecule has 106 valence electrons. The molecule has 0 unspecified atom stereocenters. The van der Waals surface area contributed by atoms with Crippen LogP contribution in [-0.4, -0.2) is 27.3 Å². The van der Waals surface area contributed by atoms with Gasteiger partial charge in [-0.1, -0.05) is 30.3 Å². The number of aromatic nitrogens is 3. The van der Waals surface area contributed by atoms with Crippen molar-refractivity contribution in [2.45, 2.75) is 33.2 Å². The molecule has 20 heavy (non-hydrogen) atoms. The molecule has 0 amide bonds. The fraction of sp³-hybridized carbons (Fsp3) is 0.400. The number of ether oxygens (including phenoxy) is 1. The average Bonchev–Trinajstić information content (AvgIpc) is 2.82. The Morgan fingerprint density at radius 3 is 2.70 bits per heavy atom. The Hall–Kier alpha value is -2.17. The van der Waals surface area contributed by atoms with Gasteiger partial charge >= 0.3 is 5.97 Å². The predicted octanol–water partition coefficient (Wildman–Crippen LogP) is 2.40. The zero-order valence-electron chi connectivity index (χ0n) is 11.9. The molecule has 1 aromatic heterocycles. The summed E-state index contributed by atoms with van der Waals surface area (Å²) in [4.78, 5) is 11.8. The van der Waals surface area contributed by atoms with E-state index < -0.39 is 5.97 Å². The van der Waals surface area contributed by atoms with Crippen molar-refractivity contribution >= 4 is 5.97 Å². The zero-order chi connectivity index (χ0) is 14.4. The number of hydrogen-bond donors (Lipinski definition) is 0. The maximum Gasteiger partial charge on any atom is 0.376 e. The van der Waals surface area contributed by atoms with Gasteiger partial charge in [-0.25, -0.2) is 4.79 Å². The SMILES string of the molecule is CCOC(=O)c1nnc(C)n1CCCc1ccccc1. The van der Waals surface area contributed by atoms with Crippen LogP contribution < -0.4 is 0 Å². The second kappa shape index (κ2) is 6.84. The molecule has 0 aliphatic heterocycles. The first-order chi connectivity index (χ1) is 9.72. The van der Waals surface area contributed by atoms with E-state index in [1.165, 1.54) is 5.56 Å². The lowest BCUT2D eigenvalue weighted by Crippen LogP contribution is -2.15. The summed E-state index contributed by atoms with van der Waals surface area (Å²) >= 11 is 0. The first-order valence-corrected chi connectivity index (χ1v) is 6.83. The van der Waals surface area contributed by atoms with Crippen molar-refractivity contribution in [3.63, 3.8) is 0 Å². The highest BCUT2D eigenvalue weighted by molar-refractivity contribution is 5.85. The minimum atomic E-state index is -0.409. The third-order valence-corrected chi connectivity index (χ3v) is 3.08. The molecule has 0 atom stereocenters. The number of esters is 1. The van der Waals surface area contributed by atoms with Gasteiger partial charge in [0, 0.05) is 6.54 Å². The lowest BCUT2D eigenvalue weighted by atomic mass is 10.1. The van der Waals surface area contributed by atoms with Crippen LogP contribution in [0.2, 0.25) is 0 Å². The quantitative estimate of drug-likeness (QED) is 0.758. The summed E-state index contributed by atoms with van der Waals surface area (Å²) in [5, 5.41) is 7.86. The Bertz CT molecular complexity index is 564. The van der Waals surface area contributed by atoms with E-state index in [-0.39, 0.29) is 5.82 Å². The largest absolute Gasteiger partial charge is 0.460 e. The Morgan fingerprint density at radius 2 is 2.00 bits per heavy atom. The molecule has 0 aliphatic carbocycles. The molecule has 5 nitrogen and oxygen atoms in total. The molecule has 0 radical (unpaired) electrons. The Labute approximate surface area is 118 Å². The average molecular weight is 273 g/mol. The van der Waals surface area contributed by atoms with E-state index in [0.717, 1.165) is 18.7 Å². The van der Waals surface area contributed by atoms with Crippen LogP contribution in [0.25, 0.3) is 0 Å². The fourth-order valence-electron chi connectivity index (χ4n) is 2.08. The van der Waals surface area contributed by atoms with Crippen LogP contribution in [0.5, 0.6) is 0 Å². The van der Waals surface area contributed by atoms with E-state index in [2.05, 4.69) is 22.3 Å². The maximum absolute atomic E-state index is 11.8. The third kappa shape index (κ3) is 3.44. The van der Waals surface area contributed by atoms with E-state index >= 15 is 0 Å². The Balaban J connectivity index is 1.99. The van der Waals surface area contributed by atoms with Gasteiger partial charge in [0.15, 0.2) is 0 Å². The number of benzene rings is 1. The van der Waals surface area contributed by atoms with Gasteiger partial charge in [0.05, 0.1) is 6.61 Å². The van der Waals surface area contributed by atoms with E-state index in [9.17, 15) is 4.79 Å². The van der Waals surface area contributed by atoms with E-state index in [0.29, 0.717) is 13.2 Å². The summed E-state index contributed by atoms with van der Waals surface area (Å²) in [7, 11) is 0. The minimum absolute atomic E-state index is 0.289. The molecule has 0 aliphatic rings. The molecular formula is C15H19N3O2. The lowest BCUT2D eigenvalue weighted by molar-refractivity contribution is 0.0505. The zero-order valence-corrected chi connectivity index (χ0v) is 11.9. The highest BCUT2D eigenvalue weighted by Gasteiger charge is 2.17. The summed E-state index contributed by atoms with van der Waals surface area (Å²) < 4.78 is 6.80. The first-order valence-electron chi connectivity index (χ1n) is 6.83. The Kier molecular flexibility index (Phi) is 4.87. The van der Waals surface area contributed by atoms with Crippen molar-refractivity contribution in [1.29, 1.82) is 0 Å². The van der Waals surface area contributed by atoms with Crippen LogP contribution in [0, 0.1) is 6.92 Å². The Morgan fingerprint density at radius 1 is 1.25 bits per heavy atom. The van der Waals surface area contributed by atoms with Crippen molar-refractivity contribution in [3.8, 4) is 0 Å². The van der Waals surface area contributed by atoms with Gasteiger partial charge in [0.25, 0.3) is 0 Å². The summed E-state index contributed by atoms with van der Waals surface area (Å²) in [6.07, 6.45) is 1.88. The van der Waals surface area contributed by atoms with E-state index in [1.807, 2.05) is 29.7 Å². The van der Waals surface area contributed by atoms with Crippen molar-refractivity contribution < 1.29 is 9.53 Å². The molecule has 2 rings (SSSR count). The van der Waals surface area contributed by atoms with Gasteiger partial charge in [-0.3, -0.25) is 0 Å². The highest BCUT2D eigenvalue weighted by atomic mass is 16.5. The number of aryl methyl sites for hydroxylation is 2. The monoisotopic (exact) mass is 273 g/mol. The summed E-state index contributed by atoms with van der Waals surface area (Å²) in [6.45, 7) is 4.68. The third-order valence-electron chi connectivity index (χ3n) is 3.08. The number of rotatable bonds is 6. The topological polar surface area (TPSA) is 57.0 Å². The molecule has 0 N–H and O–H groups in total. The maximum atomic E-state index is 11.8. The van der Waals surface area contributed by atoms with Gasteiger partial charge in [0.2, 0.25) is 5.82 Å². The number of carbonyl (C=O) groups excluding carboxylic acids is 1. The van der Waals surface area contributed by atoms with Gasteiger partial charge in [-0.05, 0) is 32.3 Å². The van der Waals surface area contributed by atoms with Crippen LogP contribution in [-0.2, 0) is 17.7 Å². The van der Waals surface area contributed by atoms with Crippen LogP contribution in [0.3, 0.4) is 0 Å². The standard InChI is InChI=1S/C15H19N3O2/c1-3-20-15(19)14-17-16-12(2)18(14)11-7-10-13-8-5-4-6-9-13/h4-6,8-9H,3,7,10-11H2,1-2H3. The fourth-order valence-corrected chi connectivity index (χ4v) is 2.08. The van der Waals surface area contributed by atoms with Gasteiger partial charge in [-0.15, -0.1) is 10.2 Å². The summed E-state index contributed by atoms with van der Waals surface area (Å²) in [5.41, 5.74) is 1.29. The van der Waals surface area contributed by atoms with E-state index in [1.54, 1.807) is 6.92 Å². The molecule has 0 saturated carbocycles. The van der Waals surface area contributed by atoms with Crippen molar-refractivity contribution in [3.05, 3.63) is 47.5 Å². The van der Waals surface area contributed by atoms with Crippen molar-refractivity contribution in [1.82, 2.24) is 14.8 Å². The molecule has 1 heterocycles. The molecule has 0 saturated heterocycles. The van der Waals surface area contributed by atoms with Gasteiger partial charge in [0.1, 0.15) is 5.82 Å². The minimum Gasteiger partial charge on any atom is -0.460 e. The molecule has 0 bridgehead atoms. The van der Waals surface area contributed by atoms with Gasteiger partial charge in [-0.2, -0.15) is 0 Å². The van der Waals surface area contributed by atoms with Crippen molar-refractivity contribution in [2.75, 3.05) is 6.61 Å². The van der Waals surface area contributed by atoms with Gasteiger partial charge < -0.3 is 9.30 Å². The lowest BCUT2D eigenvalue weighted by Gasteiger charge is -2.08. The summed E-state index contributed by atoms with van der Waals surface area (Å²) in [6, 6.07) is 10.3.